The highest BCUT2D eigenvalue weighted by molar-refractivity contribution is 5.43. The summed E-state index contributed by atoms with van der Waals surface area (Å²) in [6.07, 6.45) is 2.79. The highest BCUT2D eigenvalue weighted by Crippen LogP contribution is 2.05. The van der Waals surface area contributed by atoms with Crippen molar-refractivity contribution in [3.63, 3.8) is 0 Å². The third kappa shape index (κ3) is 3.98. The average molecular weight is 309 g/mol. The lowest BCUT2D eigenvalue weighted by molar-refractivity contribution is 0.820. The Morgan fingerprint density at radius 3 is 2.04 bits per heavy atom. The average Bonchev–Trinajstić information content (AvgIpc) is 2.59. The Morgan fingerprint density at radius 1 is 0.913 bits per heavy atom. The largest absolute Gasteiger partial charge is 0.384 e. The number of aromatic nitrogens is 2. The zero-order chi connectivity index (χ0) is 16.8. The molecule has 0 radical (unpaired) electrons. The van der Waals surface area contributed by atoms with Crippen molar-refractivity contribution in [2.45, 2.75) is 53.5 Å². The Hall–Kier alpha value is -2.16. The maximum atomic E-state index is 4.38. The van der Waals surface area contributed by atoms with Crippen LogP contribution in [0.25, 0.3) is 12.3 Å². The maximum absolute atomic E-state index is 4.38. The van der Waals surface area contributed by atoms with E-state index in [1.807, 2.05) is 0 Å². The van der Waals surface area contributed by atoms with E-state index in [0.717, 1.165) is 53.3 Å². The van der Waals surface area contributed by atoms with Crippen LogP contribution in [0.4, 0.5) is 0 Å². The normalized spacial score (nSPS) is 12.2. The quantitative estimate of drug-likeness (QED) is 0.891. The molecule has 0 amide bonds. The second kappa shape index (κ2) is 7.91. The maximum Gasteiger partial charge on any atom is 0.0723 e. The highest BCUT2D eigenvalue weighted by atomic mass is 15.1. The number of nitrogens with zero attached hydrogens (tertiary/aromatic N) is 2. The van der Waals surface area contributed by atoms with Gasteiger partial charge >= 0.3 is 0 Å². The second-order valence-corrected chi connectivity index (χ2v) is 5.80. The number of rotatable bonds is 6. The minimum atomic E-state index is 0.808. The Kier molecular flexibility index (Phi) is 5.91. The molecule has 0 saturated heterocycles. The van der Waals surface area contributed by atoms with E-state index >= 15 is 0 Å². The smallest absolute Gasteiger partial charge is 0.0723 e. The molecular formula is C20H27N3. The molecule has 2 aromatic rings. The van der Waals surface area contributed by atoms with Gasteiger partial charge in [-0.25, -0.2) is 0 Å². The van der Waals surface area contributed by atoms with Crippen molar-refractivity contribution in [2.24, 2.45) is 0 Å². The minimum absolute atomic E-state index is 0.808. The van der Waals surface area contributed by atoms with Crippen LogP contribution in [0.3, 0.4) is 0 Å². The summed E-state index contributed by atoms with van der Waals surface area (Å²) in [7, 11) is 0. The van der Waals surface area contributed by atoms with Crippen LogP contribution in [-0.4, -0.2) is 10.2 Å². The summed E-state index contributed by atoms with van der Waals surface area (Å²) in [5.41, 5.74) is 5.76. The van der Waals surface area contributed by atoms with Gasteiger partial charge in [0.05, 0.1) is 11.4 Å². The van der Waals surface area contributed by atoms with Gasteiger partial charge in [-0.3, -0.25) is 0 Å². The fraction of sp³-hybridized carbons (Fsp3) is 0.400. The van der Waals surface area contributed by atoms with Gasteiger partial charge in [0.2, 0.25) is 0 Å². The van der Waals surface area contributed by atoms with Gasteiger partial charge in [-0.2, -0.15) is 10.2 Å². The first-order valence-corrected chi connectivity index (χ1v) is 8.46. The van der Waals surface area contributed by atoms with Gasteiger partial charge in [-0.05, 0) is 37.3 Å². The van der Waals surface area contributed by atoms with Gasteiger partial charge in [0.15, 0.2) is 0 Å². The summed E-state index contributed by atoms with van der Waals surface area (Å²) < 4.78 is 0. The van der Waals surface area contributed by atoms with Crippen LogP contribution in [-0.2, 0) is 25.8 Å². The summed E-state index contributed by atoms with van der Waals surface area (Å²) in [6, 6.07) is 8.76. The van der Waals surface area contributed by atoms with E-state index in [4.69, 9.17) is 0 Å². The molecule has 0 saturated carbocycles. The van der Waals surface area contributed by atoms with Crippen molar-refractivity contribution in [2.75, 3.05) is 0 Å². The van der Waals surface area contributed by atoms with Gasteiger partial charge in [-0.15, -0.1) is 0 Å². The van der Waals surface area contributed by atoms with E-state index in [9.17, 15) is 0 Å². The molecule has 0 atom stereocenters. The van der Waals surface area contributed by atoms with Crippen LogP contribution >= 0.6 is 0 Å². The summed E-state index contributed by atoms with van der Waals surface area (Å²) in [5.74, 6) is 0. The number of nitrogens with one attached hydrogen (secondary N) is 1. The first-order chi connectivity index (χ1) is 11.1. The molecule has 0 aliphatic carbocycles. The molecule has 0 aliphatic heterocycles. The molecule has 23 heavy (non-hydrogen) atoms. The van der Waals surface area contributed by atoms with E-state index in [2.05, 4.69) is 74.1 Å². The fourth-order valence-electron chi connectivity index (χ4n) is 2.74. The highest BCUT2D eigenvalue weighted by Gasteiger charge is 2.05. The topological polar surface area (TPSA) is 37.8 Å². The van der Waals surface area contributed by atoms with Crippen LogP contribution in [0.5, 0.6) is 0 Å². The monoisotopic (exact) mass is 309 g/mol. The van der Waals surface area contributed by atoms with E-state index in [1.165, 1.54) is 11.1 Å². The molecule has 1 N–H and O–H groups in total. The zero-order valence-corrected chi connectivity index (χ0v) is 14.7. The lowest BCUT2D eigenvalue weighted by Crippen LogP contribution is -2.38. The lowest BCUT2D eigenvalue weighted by Gasteiger charge is -2.10. The van der Waals surface area contributed by atoms with Crippen LogP contribution < -0.4 is 15.8 Å². The van der Waals surface area contributed by atoms with Gasteiger partial charge in [0.1, 0.15) is 0 Å². The number of hydrogen-bond acceptors (Lipinski definition) is 3. The molecule has 0 aliphatic rings. The second-order valence-electron chi connectivity index (χ2n) is 5.80. The molecule has 1 aromatic carbocycles. The van der Waals surface area contributed by atoms with Crippen LogP contribution in [0.15, 0.2) is 24.3 Å². The van der Waals surface area contributed by atoms with Gasteiger partial charge < -0.3 is 5.32 Å². The van der Waals surface area contributed by atoms with Crippen molar-refractivity contribution in [3.05, 3.63) is 57.2 Å². The molecule has 0 unspecified atom stereocenters. The Balaban J connectivity index is 2.31. The van der Waals surface area contributed by atoms with Crippen molar-refractivity contribution < 1.29 is 0 Å². The third-order valence-electron chi connectivity index (χ3n) is 4.26. The predicted octanol–water partition coefficient (Wildman–Crippen LogP) is 2.49. The molecule has 0 spiro atoms. The van der Waals surface area contributed by atoms with E-state index in [1.54, 1.807) is 0 Å². The van der Waals surface area contributed by atoms with E-state index in [-0.39, 0.29) is 0 Å². The fourth-order valence-corrected chi connectivity index (χ4v) is 2.74. The molecule has 3 heteroatoms. The van der Waals surface area contributed by atoms with Gasteiger partial charge in [0.25, 0.3) is 0 Å². The number of aryl methyl sites for hydroxylation is 3. The van der Waals surface area contributed by atoms with Crippen LogP contribution in [0, 0.1) is 0 Å². The molecular weight excluding hydrogens is 282 g/mol. The van der Waals surface area contributed by atoms with E-state index < -0.39 is 0 Å². The first-order valence-electron chi connectivity index (χ1n) is 8.46. The molecule has 122 valence electrons. The molecule has 2 rings (SSSR count). The molecule has 3 nitrogen and oxygen atoms in total. The molecule has 0 bridgehead atoms. The molecule has 0 fully saturated rings. The first kappa shape index (κ1) is 17.2. The summed E-state index contributed by atoms with van der Waals surface area (Å²) in [4.78, 5) is 0. The lowest BCUT2D eigenvalue weighted by atomic mass is 10.1. The SMILES string of the molecule is C=c1c(CC)nnc(CC)/c1=C(\C)NCc1ccc(CC)cc1. The number of benzene rings is 1. The summed E-state index contributed by atoms with van der Waals surface area (Å²) >= 11 is 0. The van der Waals surface area contributed by atoms with Gasteiger partial charge in [0, 0.05) is 22.7 Å². The van der Waals surface area contributed by atoms with Gasteiger partial charge in [-0.1, -0.05) is 51.6 Å². The number of hydrogen-bond donors (Lipinski definition) is 1. The summed E-state index contributed by atoms with van der Waals surface area (Å²) in [5, 5.41) is 14.3. The third-order valence-corrected chi connectivity index (χ3v) is 4.26. The van der Waals surface area contributed by atoms with Crippen molar-refractivity contribution >= 4 is 12.3 Å². The van der Waals surface area contributed by atoms with Crippen LogP contribution in [0.2, 0.25) is 0 Å². The van der Waals surface area contributed by atoms with E-state index in [0.29, 0.717) is 0 Å². The van der Waals surface area contributed by atoms with Crippen LogP contribution in [0.1, 0.15) is 50.2 Å². The van der Waals surface area contributed by atoms with Crippen molar-refractivity contribution in [1.82, 2.24) is 15.5 Å². The molecule has 1 aromatic heterocycles. The molecule has 1 heterocycles. The zero-order valence-electron chi connectivity index (χ0n) is 14.7. The van der Waals surface area contributed by atoms with Crippen molar-refractivity contribution in [1.29, 1.82) is 0 Å². The summed E-state index contributed by atoms with van der Waals surface area (Å²) in [6.45, 7) is 13.5. The standard InChI is InChI=1S/C20H27N3/c1-6-16-9-11-17(12-10-16)13-21-15(5)20-14(4)18(7-2)22-23-19(20)8-3/h9-12,21H,4,6-8,13H2,1-3,5H3/b20-15+. The van der Waals surface area contributed by atoms with Crippen molar-refractivity contribution in [3.8, 4) is 0 Å². The Labute approximate surface area is 139 Å². The Bertz CT molecular complexity index is 761. The Morgan fingerprint density at radius 2 is 1.48 bits per heavy atom. The predicted molar refractivity (Wildman–Crippen MR) is 97.3 cm³/mol. The minimum Gasteiger partial charge on any atom is -0.384 e.